The van der Waals surface area contributed by atoms with Crippen LogP contribution in [0.5, 0.6) is 0 Å². The summed E-state index contributed by atoms with van der Waals surface area (Å²) in [5, 5.41) is 2.78. The molecule has 0 aliphatic heterocycles. The number of benzene rings is 2. The lowest BCUT2D eigenvalue weighted by Gasteiger charge is -2.22. The number of hydrogen-bond donors (Lipinski definition) is 1. The molecular formula is C17H19BrN2O3S2. The third-order valence-electron chi connectivity index (χ3n) is 3.50. The van der Waals surface area contributed by atoms with Crippen LogP contribution < -0.4 is 9.62 Å². The predicted molar refractivity (Wildman–Crippen MR) is 108 cm³/mol. The Hall–Kier alpha value is -1.51. The quantitative estimate of drug-likeness (QED) is 0.689. The molecule has 25 heavy (non-hydrogen) atoms. The molecule has 1 N–H and O–H groups in total. The van der Waals surface area contributed by atoms with Crippen LogP contribution in [0.1, 0.15) is 5.56 Å². The molecule has 0 spiro atoms. The van der Waals surface area contributed by atoms with Crippen LogP contribution in [0.15, 0.2) is 51.8 Å². The lowest BCUT2D eigenvalue weighted by atomic mass is 10.2. The van der Waals surface area contributed by atoms with Crippen LogP contribution in [-0.4, -0.2) is 33.4 Å². The molecule has 0 aliphatic carbocycles. The Morgan fingerprint density at radius 1 is 1.24 bits per heavy atom. The zero-order valence-corrected chi connectivity index (χ0v) is 17.3. The Bertz CT molecular complexity index is 885. The third-order valence-corrected chi connectivity index (χ3v) is 6.32. The van der Waals surface area contributed by atoms with Crippen LogP contribution in [0.2, 0.25) is 0 Å². The Morgan fingerprint density at radius 3 is 2.52 bits per heavy atom. The Morgan fingerprint density at radius 2 is 1.92 bits per heavy atom. The number of halogens is 1. The van der Waals surface area contributed by atoms with E-state index < -0.39 is 15.9 Å². The number of carbonyl (C=O) groups excluding carboxylic acids is 1. The van der Waals surface area contributed by atoms with Crippen molar-refractivity contribution in [2.75, 3.05) is 28.7 Å². The molecule has 5 nitrogen and oxygen atoms in total. The van der Waals surface area contributed by atoms with E-state index in [4.69, 9.17) is 0 Å². The van der Waals surface area contributed by atoms with Crippen LogP contribution in [0.4, 0.5) is 11.4 Å². The highest BCUT2D eigenvalue weighted by Crippen LogP contribution is 2.26. The summed E-state index contributed by atoms with van der Waals surface area (Å²) in [6.45, 7) is 1.57. The first-order valence-electron chi connectivity index (χ1n) is 7.39. The van der Waals surface area contributed by atoms with Gasteiger partial charge in [0.05, 0.1) is 17.6 Å². The number of anilines is 2. The van der Waals surface area contributed by atoms with Crippen LogP contribution in [0, 0.1) is 6.92 Å². The standard InChI is InChI=1S/C17H19BrN2O3S2/c1-12-10-13(8-9-14(12)18)20(25(3,22)23)11-17(21)19-15-6-4-5-7-16(15)24-2/h4-10H,11H2,1-3H3,(H,19,21). The van der Waals surface area contributed by atoms with Crippen molar-refractivity contribution in [3.8, 4) is 0 Å². The fraction of sp³-hybridized carbons (Fsp3) is 0.235. The topological polar surface area (TPSA) is 66.5 Å². The van der Waals surface area contributed by atoms with Crippen molar-refractivity contribution >= 4 is 55.0 Å². The second-order valence-corrected chi connectivity index (χ2v) is 9.06. The Labute approximate surface area is 161 Å². The Balaban J connectivity index is 2.25. The minimum absolute atomic E-state index is 0.289. The van der Waals surface area contributed by atoms with Gasteiger partial charge in [-0.2, -0.15) is 0 Å². The van der Waals surface area contributed by atoms with Crippen molar-refractivity contribution in [2.45, 2.75) is 11.8 Å². The maximum absolute atomic E-state index is 12.4. The first kappa shape index (κ1) is 19.8. The molecule has 0 unspecified atom stereocenters. The van der Waals surface area contributed by atoms with Gasteiger partial charge in [-0.3, -0.25) is 9.10 Å². The van der Waals surface area contributed by atoms with Gasteiger partial charge in [0.15, 0.2) is 0 Å². The van der Waals surface area contributed by atoms with Crippen molar-refractivity contribution in [2.24, 2.45) is 0 Å². The molecule has 2 aromatic rings. The molecule has 0 saturated carbocycles. The smallest absolute Gasteiger partial charge is 0.245 e. The zero-order chi connectivity index (χ0) is 18.6. The van der Waals surface area contributed by atoms with Gasteiger partial charge in [0.1, 0.15) is 6.54 Å². The maximum atomic E-state index is 12.4. The molecule has 0 saturated heterocycles. The van der Waals surface area contributed by atoms with Gasteiger partial charge >= 0.3 is 0 Å². The first-order valence-corrected chi connectivity index (χ1v) is 11.3. The molecule has 1 amide bonds. The van der Waals surface area contributed by atoms with Crippen molar-refractivity contribution in [3.63, 3.8) is 0 Å². The zero-order valence-electron chi connectivity index (χ0n) is 14.1. The van der Waals surface area contributed by atoms with Gasteiger partial charge in [0.25, 0.3) is 0 Å². The summed E-state index contributed by atoms with van der Waals surface area (Å²) in [4.78, 5) is 13.3. The summed E-state index contributed by atoms with van der Waals surface area (Å²) in [5.74, 6) is -0.396. The van der Waals surface area contributed by atoms with Crippen LogP contribution in [0.25, 0.3) is 0 Å². The van der Waals surface area contributed by atoms with E-state index in [9.17, 15) is 13.2 Å². The van der Waals surface area contributed by atoms with Gasteiger partial charge in [-0.15, -0.1) is 11.8 Å². The number of nitrogens with zero attached hydrogens (tertiary/aromatic N) is 1. The number of para-hydroxylation sites is 1. The number of carbonyl (C=O) groups is 1. The van der Waals surface area contributed by atoms with Crippen LogP contribution in [-0.2, 0) is 14.8 Å². The average molecular weight is 443 g/mol. The van der Waals surface area contributed by atoms with Crippen molar-refractivity contribution in [1.29, 1.82) is 0 Å². The summed E-state index contributed by atoms with van der Waals surface area (Å²) < 4.78 is 26.3. The summed E-state index contributed by atoms with van der Waals surface area (Å²) in [7, 11) is -3.60. The first-order chi connectivity index (χ1) is 11.7. The maximum Gasteiger partial charge on any atom is 0.245 e. The van der Waals surface area contributed by atoms with E-state index in [-0.39, 0.29) is 6.54 Å². The van der Waals surface area contributed by atoms with E-state index >= 15 is 0 Å². The number of aryl methyl sites for hydroxylation is 1. The van der Waals surface area contributed by atoms with E-state index in [0.29, 0.717) is 11.4 Å². The van der Waals surface area contributed by atoms with Crippen LogP contribution in [0.3, 0.4) is 0 Å². The molecule has 0 radical (unpaired) electrons. The lowest BCUT2D eigenvalue weighted by Crippen LogP contribution is -2.37. The SMILES string of the molecule is CSc1ccccc1NC(=O)CN(c1ccc(Br)c(C)c1)S(C)(=O)=O. The van der Waals surface area contributed by atoms with E-state index in [0.717, 1.165) is 25.5 Å². The van der Waals surface area contributed by atoms with Gasteiger partial charge < -0.3 is 5.32 Å². The summed E-state index contributed by atoms with van der Waals surface area (Å²) in [6.07, 6.45) is 3.01. The fourth-order valence-corrected chi connectivity index (χ4v) is 3.90. The number of hydrogen-bond acceptors (Lipinski definition) is 4. The molecule has 0 atom stereocenters. The normalized spacial score (nSPS) is 11.2. The van der Waals surface area contributed by atoms with Gasteiger partial charge in [0, 0.05) is 9.37 Å². The lowest BCUT2D eigenvalue weighted by molar-refractivity contribution is -0.114. The van der Waals surface area contributed by atoms with Crippen LogP contribution >= 0.6 is 27.7 Å². The summed E-state index contributed by atoms with van der Waals surface area (Å²) in [5.41, 5.74) is 2.01. The third kappa shape index (κ3) is 5.23. The number of sulfonamides is 1. The molecule has 0 aliphatic rings. The van der Waals surface area contributed by atoms with E-state index in [1.165, 1.54) is 11.8 Å². The largest absolute Gasteiger partial charge is 0.323 e. The summed E-state index contributed by atoms with van der Waals surface area (Å²) >= 11 is 4.90. The molecule has 0 bridgehead atoms. The molecule has 8 heteroatoms. The van der Waals surface area contributed by atoms with Crippen molar-refractivity contribution in [1.82, 2.24) is 0 Å². The molecular weight excluding hydrogens is 424 g/mol. The second-order valence-electron chi connectivity index (χ2n) is 5.45. The molecule has 0 heterocycles. The minimum atomic E-state index is -3.60. The van der Waals surface area contributed by atoms with Gasteiger partial charge in [-0.25, -0.2) is 8.42 Å². The monoisotopic (exact) mass is 442 g/mol. The minimum Gasteiger partial charge on any atom is -0.323 e. The van der Waals surface area contributed by atoms with Gasteiger partial charge in [-0.1, -0.05) is 28.1 Å². The highest BCUT2D eigenvalue weighted by molar-refractivity contribution is 9.10. The molecule has 0 fully saturated rings. The molecule has 134 valence electrons. The second kappa shape index (κ2) is 8.25. The number of nitrogens with one attached hydrogen (secondary N) is 1. The van der Waals surface area contributed by atoms with E-state index in [1.54, 1.807) is 24.3 Å². The molecule has 2 aromatic carbocycles. The molecule has 2 rings (SSSR count). The summed E-state index contributed by atoms with van der Waals surface area (Å²) in [6, 6.07) is 12.6. The number of thioether (sulfide) groups is 1. The molecule has 0 aromatic heterocycles. The highest BCUT2D eigenvalue weighted by atomic mass is 79.9. The van der Waals surface area contributed by atoms with Gasteiger partial charge in [0.2, 0.25) is 15.9 Å². The number of amides is 1. The van der Waals surface area contributed by atoms with E-state index in [2.05, 4.69) is 21.2 Å². The van der Waals surface area contributed by atoms with Crippen molar-refractivity contribution < 1.29 is 13.2 Å². The van der Waals surface area contributed by atoms with Crippen molar-refractivity contribution in [3.05, 3.63) is 52.5 Å². The number of rotatable bonds is 6. The Kier molecular flexibility index (Phi) is 6.53. The van der Waals surface area contributed by atoms with E-state index in [1.807, 2.05) is 31.4 Å². The highest BCUT2D eigenvalue weighted by Gasteiger charge is 2.21. The average Bonchev–Trinajstić information content (AvgIpc) is 2.55. The predicted octanol–water partition coefficient (Wildman–Crippen LogP) is 3.88. The van der Waals surface area contributed by atoms with Gasteiger partial charge in [-0.05, 0) is 49.1 Å². The fourth-order valence-electron chi connectivity index (χ4n) is 2.25.